The quantitative estimate of drug-likeness (QED) is 0.601. The lowest BCUT2D eigenvalue weighted by atomic mass is 9.84. The van der Waals surface area contributed by atoms with Crippen molar-refractivity contribution in [1.82, 2.24) is 9.88 Å². The molecule has 0 saturated heterocycles. The molecule has 0 spiro atoms. The highest BCUT2D eigenvalue weighted by Gasteiger charge is 2.37. The fourth-order valence-corrected chi connectivity index (χ4v) is 5.65. The Hall–Kier alpha value is -3.28. The minimum atomic E-state index is -0.466. The highest BCUT2D eigenvalue weighted by molar-refractivity contribution is 5.82. The maximum atomic E-state index is 13.8. The van der Waals surface area contributed by atoms with Crippen LogP contribution in [0.2, 0.25) is 0 Å². The lowest BCUT2D eigenvalue weighted by molar-refractivity contribution is -0.138. The first-order valence-electron chi connectivity index (χ1n) is 12.2. The zero-order valence-electron chi connectivity index (χ0n) is 20.1. The Morgan fingerprint density at radius 1 is 0.971 bits per heavy atom. The molecule has 5 rings (SSSR count). The summed E-state index contributed by atoms with van der Waals surface area (Å²) in [5.41, 5.74) is 4.37. The number of aryl methyl sites for hydroxylation is 1. The molecular weight excluding hydrogens is 428 g/mol. The van der Waals surface area contributed by atoms with Crippen molar-refractivity contribution in [1.29, 1.82) is 0 Å². The number of ether oxygens (including phenoxy) is 2. The molecule has 2 aromatic carbocycles. The number of amides is 1. The molecule has 34 heavy (non-hydrogen) atoms. The summed E-state index contributed by atoms with van der Waals surface area (Å²) in [5.74, 6) is 1.45. The Kier molecular flexibility index (Phi) is 6.07. The Bertz CT molecular complexity index is 1290. The second-order valence-corrected chi connectivity index (χ2v) is 9.57. The maximum Gasteiger partial charge on any atom is 0.254 e. The average Bonchev–Trinajstić information content (AvgIpc) is 2.87. The van der Waals surface area contributed by atoms with E-state index in [1.165, 1.54) is 6.42 Å². The maximum absolute atomic E-state index is 13.8. The predicted octanol–water partition coefficient (Wildman–Crippen LogP) is 4.91. The molecule has 1 aromatic heterocycles. The van der Waals surface area contributed by atoms with Crippen molar-refractivity contribution in [3.05, 3.63) is 69.0 Å². The highest BCUT2D eigenvalue weighted by atomic mass is 16.5. The lowest BCUT2D eigenvalue weighted by Crippen LogP contribution is -2.45. The number of methoxy groups -OCH3 is 2. The van der Waals surface area contributed by atoms with Gasteiger partial charge in [-0.25, -0.2) is 0 Å². The van der Waals surface area contributed by atoms with Gasteiger partial charge in [0.15, 0.2) is 11.5 Å². The van der Waals surface area contributed by atoms with Crippen LogP contribution in [-0.4, -0.2) is 36.6 Å². The first kappa shape index (κ1) is 22.5. The molecule has 6 heteroatoms. The van der Waals surface area contributed by atoms with Crippen LogP contribution in [0.25, 0.3) is 10.9 Å². The summed E-state index contributed by atoms with van der Waals surface area (Å²) in [6.45, 7) is 2.62. The van der Waals surface area contributed by atoms with E-state index in [4.69, 9.17) is 9.47 Å². The average molecular weight is 461 g/mol. The van der Waals surface area contributed by atoms with Crippen molar-refractivity contribution in [3.63, 3.8) is 0 Å². The van der Waals surface area contributed by atoms with E-state index in [2.05, 4.69) is 11.1 Å². The third-order valence-electron chi connectivity index (χ3n) is 7.43. The number of hydrogen-bond donors (Lipinski definition) is 1. The predicted molar refractivity (Wildman–Crippen MR) is 133 cm³/mol. The van der Waals surface area contributed by atoms with E-state index in [-0.39, 0.29) is 17.4 Å². The monoisotopic (exact) mass is 460 g/mol. The summed E-state index contributed by atoms with van der Waals surface area (Å²) in [4.78, 5) is 32.2. The van der Waals surface area contributed by atoms with Gasteiger partial charge in [0.2, 0.25) is 5.91 Å². The summed E-state index contributed by atoms with van der Waals surface area (Å²) in [6.07, 6.45) is 5.94. The zero-order valence-corrected chi connectivity index (χ0v) is 20.1. The number of aromatic nitrogens is 1. The zero-order chi connectivity index (χ0) is 23.8. The van der Waals surface area contributed by atoms with Crippen molar-refractivity contribution < 1.29 is 14.3 Å². The van der Waals surface area contributed by atoms with Crippen LogP contribution >= 0.6 is 0 Å². The molecule has 1 fully saturated rings. The van der Waals surface area contributed by atoms with Crippen molar-refractivity contribution in [2.45, 2.75) is 51.5 Å². The first-order chi connectivity index (χ1) is 16.5. The number of rotatable bonds is 4. The third-order valence-corrected chi connectivity index (χ3v) is 7.43. The number of carbonyl (C=O) groups is 1. The van der Waals surface area contributed by atoms with Gasteiger partial charge in [-0.2, -0.15) is 0 Å². The number of H-pyrrole nitrogens is 1. The van der Waals surface area contributed by atoms with E-state index >= 15 is 0 Å². The molecule has 3 aromatic rings. The van der Waals surface area contributed by atoms with Crippen LogP contribution < -0.4 is 15.0 Å². The van der Waals surface area contributed by atoms with Gasteiger partial charge in [0.1, 0.15) is 0 Å². The summed E-state index contributed by atoms with van der Waals surface area (Å²) in [6, 6.07) is 11.4. The van der Waals surface area contributed by atoms with Gasteiger partial charge in [0.25, 0.3) is 5.56 Å². The number of aromatic amines is 1. The first-order valence-corrected chi connectivity index (χ1v) is 12.2. The molecular formula is C28H32N2O4. The molecule has 6 nitrogen and oxygen atoms in total. The van der Waals surface area contributed by atoms with E-state index in [9.17, 15) is 9.59 Å². The van der Waals surface area contributed by atoms with Gasteiger partial charge >= 0.3 is 0 Å². The van der Waals surface area contributed by atoms with Crippen LogP contribution in [0.1, 0.15) is 60.4 Å². The second-order valence-electron chi connectivity index (χ2n) is 9.57. The van der Waals surface area contributed by atoms with Crippen LogP contribution in [0.3, 0.4) is 0 Å². The van der Waals surface area contributed by atoms with Crippen molar-refractivity contribution >= 4 is 16.8 Å². The van der Waals surface area contributed by atoms with Crippen molar-refractivity contribution in [3.8, 4) is 11.5 Å². The highest BCUT2D eigenvalue weighted by Crippen LogP contribution is 2.42. The molecule has 178 valence electrons. The van der Waals surface area contributed by atoms with Crippen LogP contribution in [0.5, 0.6) is 11.5 Å². The number of hydrogen-bond acceptors (Lipinski definition) is 4. The smallest absolute Gasteiger partial charge is 0.254 e. The Balaban J connectivity index is 1.69. The van der Waals surface area contributed by atoms with Gasteiger partial charge < -0.3 is 19.4 Å². The molecule has 1 saturated carbocycles. The topological polar surface area (TPSA) is 71.6 Å². The van der Waals surface area contributed by atoms with Crippen LogP contribution in [0.4, 0.5) is 0 Å². The molecule has 0 bridgehead atoms. The Labute approximate surface area is 199 Å². The minimum absolute atomic E-state index is 0.0275. The standard InChI is InChI=1S/C28H32N2O4/c1-17-9-10-23-20(13-17)14-22(27(31)29-23)26-21-16-25(34-3)24(33-2)15-19(21)11-12-30(26)28(32)18-7-5-4-6-8-18/h9-10,13-16,18,26H,4-8,11-12H2,1-3H3,(H,29,31). The lowest BCUT2D eigenvalue weighted by Gasteiger charge is -2.40. The molecule has 1 aliphatic carbocycles. The summed E-state index contributed by atoms with van der Waals surface area (Å²) in [5, 5.41) is 0.965. The molecule has 2 aliphatic rings. The van der Waals surface area contributed by atoms with Crippen molar-refractivity contribution in [2.24, 2.45) is 5.92 Å². The molecule has 1 unspecified atom stereocenters. The number of carbonyl (C=O) groups excluding carboxylic acids is 1. The summed E-state index contributed by atoms with van der Waals surface area (Å²) < 4.78 is 11.1. The normalized spacial score (nSPS) is 18.6. The van der Waals surface area contributed by atoms with E-state index in [0.717, 1.165) is 59.7 Å². The van der Waals surface area contributed by atoms with Crippen molar-refractivity contribution in [2.75, 3.05) is 20.8 Å². The van der Waals surface area contributed by atoms with Gasteiger partial charge in [0.05, 0.1) is 20.3 Å². The summed E-state index contributed by atoms with van der Waals surface area (Å²) in [7, 11) is 3.23. The van der Waals surface area contributed by atoms with E-state index < -0.39 is 6.04 Å². The van der Waals surface area contributed by atoms with Gasteiger partial charge in [0, 0.05) is 23.5 Å². The molecule has 1 amide bonds. The Morgan fingerprint density at radius 3 is 2.44 bits per heavy atom. The number of pyridine rings is 1. The van der Waals surface area contributed by atoms with Crippen LogP contribution in [0.15, 0.2) is 41.2 Å². The SMILES string of the molecule is COc1cc2c(cc1OC)C(c1cc3cc(C)ccc3[nH]c1=O)N(C(=O)C1CCCCC1)CC2. The fourth-order valence-electron chi connectivity index (χ4n) is 5.65. The molecule has 1 N–H and O–H groups in total. The number of fused-ring (bicyclic) bond motifs is 2. The largest absolute Gasteiger partial charge is 0.493 e. The molecule has 0 radical (unpaired) electrons. The van der Waals surface area contributed by atoms with Gasteiger partial charge in [-0.05, 0) is 73.0 Å². The number of nitrogens with one attached hydrogen (secondary N) is 1. The fraction of sp³-hybridized carbons (Fsp3) is 0.429. The second kappa shape index (κ2) is 9.16. The van der Waals surface area contributed by atoms with Gasteiger partial charge in [-0.1, -0.05) is 30.9 Å². The minimum Gasteiger partial charge on any atom is -0.493 e. The molecule has 1 aliphatic heterocycles. The number of benzene rings is 2. The van der Waals surface area contributed by atoms with E-state index in [1.54, 1.807) is 14.2 Å². The summed E-state index contributed by atoms with van der Waals surface area (Å²) >= 11 is 0. The van der Waals surface area contributed by atoms with Gasteiger partial charge in [-0.3, -0.25) is 9.59 Å². The van der Waals surface area contributed by atoms with E-state index in [0.29, 0.717) is 23.6 Å². The van der Waals surface area contributed by atoms with Crippen LogP contribution in [-0.2, 0) is 11.2 Å². The Morgan fingerprint density at radius 2 is 1.71 bits per heavy atom. The molecule has 2 heterocycles. The van der Waals surface area contributed by atoms with Gasteiger partial charge in [-0.15, -0.1) is 0 Å². The van der Waals surface area contributed by atoms with E-state index in [1.807, 2.05) is 42.2 Å². The number of nitrogens with zero attached hydrogens (tertiary/aromatic N) is 1. The molecule has 1 atom stereocenters. The third kappa shape index (κ3) is 3.95. The van der Waals surface area contributed by atoms with Crippen LogP contribution in [0, 0.1) is 12.8 Å².